The molecule has 0 saturated carbocycles. The number of thioether (sulfide) groups is 1. The summed E-state index contributed by atoms with van der Waals surface area (Å²) in [6.07, 6.45) is 0. The van der Waals surface area contributed by atoms with Crippen molar-refractivity contribution in [1.29, 1.82) is 0 Å². The van der Waals surface area contributed by atoms with Crippen LogP contribution in [0.25, 0.3) is 0 Å². The summed E-state index contributed by atoms with van der Waals surface area (Å²) in [4.78, 5) is 11.6. The van der Waals surface area contributed by atoms with Crippen LogP contribution in [0.5, 0.6) is 0 Å². The molecule has 0 unspecified atom stereocenters. The Labute approximate surface area is 131 Å². The maximum Gasteiger partial charge on any atom is 0.283 e. The highest BCUT2D eigenvalue weighted by Crippen LogP contribution is 2.34. The molecular weight excluding hydrogens is 394 g/mol. The molecule has 98 valence electrons. The van der Waals surface area contributed by atoms with E-state index < -0.39 is 0 Å². The third-order valence-electron chi connectivity index (χ3n) is 2.47. The van der Waals surface area contributed by atoms with Gasteiger partial charge in [0.2, 0.25) is 0 Å². The minimum atomic E-state index is -0.378. The van der Waals surface area contributed by atoms with Crippen molar-refractivity contribution in [2.75, 3.05) is 0 Å². The van der Waals surface area contributed by atoms with Crippen LogP contribution in [-0.4, -0.2) is 4.92 Å². The maximum atomic E-state index is 10.9. The standard InChI is InChI=1S/C13H9Br2NO2S/c14-10-5-1-2-7-12(10)19-8-9-4-3-6-11(13(9)15)16(17)18/h1-7H,8H2. The molecule has 2 aromatic rings. The number of hydrogen-bond donors (Lipinski definition) is 0. The summed E-state index contributed by atoms with van der Waals surface area (Å²) in [6.45, 7) is 0. The minimum Gasteiger partial charge on any atom is -0.258 e. The van der Waals surface area contributed by atoms with Crippen LogP contribution in [0, 0.1) is 10.1 Å². The Balaban J connectivity index is 2.19. The van der Waals surface area contributed by atoms with Crippen LogP contribution in [0.1, 0.15) is 5.56 Å². The van der Waals surface area contributed by atoms with Crippen LogP contribution in [0.15, 0.2) is 56.3 Å². The summed E-state index contributed by atoms with van der Waals surface area (Å²) >= 11 is 8.43. The van der Waals surface area contributed by atoms with Gasteiger partial charge in [0.1, 0.15) is 0 Å². The van der Waals surface area contributed by atoms with Crippen LogP contribution < -0.4 is 0 Å². The summed E-state index contributed by atoms with van der Waals surface area (Å²) in [5.74, 6) is 0.672. The molecule has 0 fully saturated rings. The second-order valence-corrected chi connectivity index (χ2v) is 6.39. The van der Waals surface area contributed by atoms with E-state index in [0.717, 1.165) is 14.9 Å². The van der Waals surface area contributed by atoms with E-state index in [1.54, 1.807) is 17.8 Å². The Hall–Kier alpha value is -0.850. The molecule has 0 atom stereocenters. The topological polar surface area (TPSA) is 43.1 Å². The largest absolute Gasteiger partial charge is 0.283 e. The molecule has 0 saturated heterocycles. The number of benzene rings is 2. The van der Waals surface area contributed by atoms with Crippen molar-refractivity contribution in [3.05, 3.63) is 67.1 Å². The maximum absolute atomic E-state index is 10.9. The first kappa shape index (κ1) is 14.6. The van der Waals surface area contributed by atoms with Crippen molar-refractivity contribution in [1.82, 2.24) is 0 Å². The summed E-state index contributed by atoms with van der Waals surface area (Å²) in [7, 11) is 0. The molecule has 3 nitrogen and oxygen atoms in total. The van der Waals surface area contributed by atoms with Gasteiger partial charge in [-0.3, -0.25) is 10.1 Å². The van der Waals surface area contributed by atoms with Crippen molar-refractivity contribution >= 4 is 49.3 Å². The molecule has 0 spiro atoms. The highest BCUT2D eigenvalue weighted by Gasteiger charge is 2.14. The second kappa shape index (κ2) is 6.54. The first-order chi connectivity index (χ1) is 9.09. The zero-order valence-electron chi connectivity index (χ0n) is 9.68. The van der Waals surface area contributed by atoms with Crippen LogP contribution >= 0.6 is 43.6 Å². The molecule has 0 amide bonds. The van der Waals surface area contributed by atoms with Gasteiger partial charge in [0.05, 0.1) is 9.40 Å². The number of nitrogens with zero attached hydrogens (tertiary/aromatic N) is 1. The Kier molecular flexibility index (Phi) is 5.01. The molecule has 0 aromatic heterocycles. The monoisotopic (exact) mass is 401 g/mol. The van der Waals surface area contributed by atoms with E-state index in [0.29, 0.717) is 10.2 Å². The highest BCUT2D eigenvalue weighted by atomic mass is 79.9. The third-order valence-corrected chi connectivity index (χ3v) is 5.47. The lowest BCUT2D eigenvalue weighted by Crippen LogP contribution is -1.92. The molecule has 0 aliphatic carbocycles. The van der Waals surface area contributed by atoms with Crippen molar-refractivity contribution < 1.29 is 4.92 Å². The molecule has 0 aliphatic heterocycles. The average molecular weight is 403 g/mol. The number of nitro groups is 1. The Morgan fingerprint density at radius 2 is 1.84 bits per heavy atom. The van der Waals surface area contributed by atoms with Gasteiger partial charge in [-0.2, -0.15) is 0 Å². The molecule has 2 rings (SSSR count). The van der Waals surface area contributed by atoms with Crippen LogP contribution in [-0.2, 0) is 5.75 Å². The van der Waals surface area contributed by atoms with Gasteiger partial charge in [-0.25, -0.2) is 0 Å². The van der Waals surface area contributed by atoms with Gasteiger partial charge >= 0.3 is 0 Å². The number of halogens is 2. The van der Waals surface area contributed by atoms with Crippen LogP contribution in [0.2, 0.25) is 0 Å². The molecule has 6 heteroatoms. The smallest absolute Gasteiger partial charge is 0.258 e. The van der Waals surface area contributed by atoms with E-state index in [1.807, 2.05) is 30.3 Å². The van der Waals surface area contributed by atoms with Crippen LogP contribution in [0.3, 0.4) is 0 Å². The normalized spacial score (nSPS) is 10.4. The zero-order chi connectivity index (χ0) is 13.8. The molecule has 0 aliphatic rings. The van der Waals surface area contributed by atoms with Gasteiger partial charge in [0.25, 0.3) is 5.69 Å². The lowest BCUT2D eigenvalue weighted by atomic mass is 10.2. The van der Waals surface area contributed by atoms with Crippen molar-refractivity contribution in [2.45, 2.75) is 10.6 Å². The molecule has 0 bridgehead atoms. The number of rotatable bonds is 4. The molecule has 0 radical (unpaired) electrons. The number of nitro benzene ring substituents is 1. The molecule has 19 heavy (non-hydrogen) atoms. The van der Waals surface area contributed by atoms with Gasteiger partial charge in [-0.15, -0.1) is 11.8 Å². The Morgan fingerprint density at radius 3 is 2.53 bits per heavy atom. The Morgan fingerprint density at radius 1 is 1.11 bits per heavy atom. The van der Waals surface area contributed by atoms with Gasteiger partial charge in [0, 0.05) is 21.2 Å². The predicted molar refractivity (Wildman–Crippen MR) is 84.5 cm³/mol. The summed E-state index contributed by atoms with van der Waals surface area (Å²) in [5, 5.41) is 10.9. The fourth-order valence-electron chi connectivity index (χ4n) is 1.54. The van der Waals surface area contributed by atoms with Crippen molar-refractivity contribution in [2.24, 2.45) is 0 Å². The fourth-order valence-corrected chi connectivity index (χ4v) is 3.83. The number of hydrogen-bond acceptors (Lipinski definition) is 3. The van der Waals surface area contributed by atoms with E-state index in [9.17, 15) is 10.1 Å². The highest BCUT2D eigenvalue weighted by molar-refractivity contribution is 9.11. The van der Waals surface area contributed by atoms with E-state index >= 15 is 0 Å². The Bertz CT molecular complexity index is 619. The lowest BCUT2D eigenvalue weighted by molar-refractivity contribution is -0.385. The van der Waals surface area contributed by atoms with Crippen LogP contribution in [0.4, 0.5) is 5.69 Å². The van der Waals surface area contributed by atoms with Gasteiger partial charge in [0.15, 0.2) is 0 Å². The van der Waals surface area contributed by atoms with E-state index in [-0.39, 0.29) is 10.6 Å². The average Bonchev–Trinajstić information content (AvgIpc) is 2.39. The predicted octanol–water partition coefficient (Wildman–Crippen LogP) is 5.41. The third kappa shape index (κ3) is 3.58. The second-order valence-electron chi connectivity index (χ2n) is 3.73. The molecule has 0 N–H and O–H groups in total. The van der Waals surface area contributed by atoms with E-state index in [4.69, 9.17) is 0 Å². The lowest BCUT2D eigenvalue weighted by Gasteiger charge is -2.06. The summed E-state index contributed by atoms with van der Waals surface area (Å²) in [5.41, 5.74) is 1.01. The van der Waals surface area contributed by atoms with Crippen molar-refractivity contribution in [3.8, 4) is 0 Å². The van der Waals surface area contributed by atoms with Gasteiger partial charge < -0.3 is 0 Å². The molecule has 0 heterocycles. The van der Waals surface area contributed by atoms with E-state index in [2.05, 4.69) is 31.9 Å². The fraction of sp³-hybridized carbons (Fsp3) is 0.0769. The molecule has 2 aromatic carbocycles. The van der Waals surface area contributed by atoms with Crippen molar-refractivity contribution in [3.63, 3.8) is 0 Å². The zero-order valence-corrected chi connectivity index (χ0v) is 13.7. The first-order valence-corrected chi connectivity index (χ1v) is 7.96. The summed E-state index contributed by atoms with van der Waals surface area (Å²) < 4.78 is 1.58. The van der Waals surface area contributed by atoms with Gasteiger partial charge in [-0.1, -0.05) is 24.3 Å². The quantitative estimate of drug-likeness (QED) is 0.390. The van der Waals surface area contributed by atoms with E-state index in [1.165, 1.54) is 6.07 Å². The first-order valence-electron chi connectivity index (χ1n) is 5.38. The minimum absolute atomic E-state index is 0.102. The van der Waals surface area contributed by atoms with Gasteiger partial charge in [-0.05, 0) is 49.6 Å². The SMILES string of the molecule is O=[N+]([O-])c1cccc(CSc2ccccc2Br)c1Br. The molecular formula is C13H9Br2NO2S. The summed E-state index contributed by atoms with van der Waals surface area (Å²) in [6, 6.07) is 13.0.